The Labute approximate surface area is 134 Å². The van der Waals surface area contributed by atoms with Gasteiger partial charge in [0.2, 0.25) is 11.1 Å². The number of amides is 1. The van der Waals surface area contributed by atoms with Gasteiger partial charge in [-0.3, -0.25) is 4.79 Å². The number of aromatic nitrogens is 4. The lowest BCUT2D eigenvalue weighted by Crippen LogP contribution is -2.28. The summed E-state index contributed by atoms with van der Waals surface area (Å²) in [7, 11) is 1.79. The van der Waals surface area contributed by atoms with E-state index in [9.17, 15) is 4.79 Å². The smallest absolute Gasteiger partial charge is 0.220 e. The highest BCUT2D eigenvalue weighted by Gasteiger charge is 2.11. The van der Waals surface area contributed by atoms with Crippen molar-refractivity contribution in [3.05, 3.63) is 35.9 Å². The predicted octanol–water partition coefficient (Wildman–Crippen LogP) is 2.00. The number of tetrazole rings is 1. The number of benzene rings is 1. The van der Waals surface area contributed by atoms with Crippen LogP contribution in [0, 0.1) is 0 Å². The Balaban J connectivity index is 1.71. The van der Waals surface area contributed by atoms with Crippen LogP contribution in [-0.4, -0.2) is 38.4 Å². The van der Waals surface area contributed by atoms with E-state index in [1.54, 1.807) is 11.7 Å². The number of aryl methyl sites for hydroxylation is 1. The first kappa shape index (κ1) is 16.5. The quantitative estimate of drug-likeness (QED) is 0.754. The fraction of sp³-hybridized carbons (Fsp3) is 0.467. The van der Waals surface area contributed by atoms with E-state index in [1.165, 1.54) is 17.3 Å². The number of carbonyl (C=O) groups is 1. The number of rotatable bonds is 8. The van der Waals surface area contributed by atoms with Crippen molar-refractivity contribution in [2.24, 2.45) is 7.05 Å². The topological polar surface area (TPSA) is 72.7 Å². The molecule has 1 aromatic carbocycles. The molecule has 22 heavy (non-hydrogen) atoms. The first-order chi connectivity index (χ1) is 10.7. The van der Waals surface area contributed by atoms with Crippen molar-refractivity contribution in [2.45, 2.75) is 30.8 Å². The largest absolute Gasteiger partial charge is 0.355 e. The standard InChI is InChI=1S/C15H21N5OS/c1-3-12(13-7-5-4-6-8-13)11-16-14(21)9-10-22-15-17-18-19-20(15)2/h4-8,12H,3,9-11H2,1-2H3,(H,16,21)/t12-/m0/s1. The summed E-state index contributed by atoms with van der Waals surface area (Å²) < 4.78 is 1.60. The molecule has 0 aliphatic carbocycles. The van der Waals surface area contributed by atoms with Crippen molar-refractivity contribution < 1.29 is 4.79 Å². The second-order valence-electron chi connectivity index (χ2n) is 5.00. The van der Waals surface area contributed by atoms with Crippen LogP contribution in [0.2, 0.25) is 0 Å². The molecule has 0 fully saturated rings. The van der Waals surface area contributed by atoms with Crippen LogP contribution in [0.25, 0.3) is 0 Å². The number of hydrogen-bond acceptors (Lipinski definition) is 5. The summed E-state index contributed by atoms with van der Waals surface area (Å²) in [5.74, 6) is 1.10. The normalized spacial score (nSPS) is 12.1. The summed E-state index contributed by atoms with van der Waals surface area (Å²) in [5.41, 5.74) is 1.27. The van der Waals surface area contributed by atoms with E-state index in [0.29, 0.717) is 24.6 Å². The van der Waals surface area contributed by atoms with Gasteiger partial charge < -0.3 is 5.32 Å². The Morgan fingerprint density at radius 1 is 1.36 bits per heavy atom. The molecule has 0 bridgehead atoms. The second-order valence-corrected chi connectivity index (χ2v) is 6.07. The fourth-order valence-electron chi connectivity index (χ4n) is 2.13. The summed E-state index contributed by atoms with van der Waals surface area (Å²) in [6, 6.07) is 10.3. The molecule has 0 aliphatic rings. The van der Waals surface area contributed by atoms with Crippen LogP contribution in [-0.2, 0) is 11.8 Å². The zero-order chi connectivity index (χ0) is 15.8. The van der Waals surface area contributed by atoms with Gasteiger partial charge >= 0.3 is 0 Å². The summed E-state index contributed by atoms with van der Waals surface area (Å²) in [5, 5.41) is 14.9. The van der Waals surface area contributed by atoms with E-state index >= 15 is 0 Å². The first-order valence-corrected chi connectivity index (χ1v) is 8.36. The maximum absolute atomic E-state index is 11.9. The molecule has 2 rings (SSSR count). The van der Waals surface area contributed by atoms with Crippen LogP contribution >= 0.6 is 11.8 Å². The molecule has 0 saturated heterocycles. The van der Waals surface area contributed by atoms with E-state index in [4.69, 9.17) is 0 Å². The van der Waals surface area contributed by atoms with Gasteiger partial charge in [0.25, 0.3) is 0 Å². The van der Waals surface area contributed by atoms with Crippen molar-refractivity contribution in [1.29, 1.82) is 0 Å². The van der Waals surface area contributed by atoms with E-state index in [1.807, 2.05) is 18.2 Å². The molecule has 0 unspecified atom stereocenters. The van der Waals surface area contributed by atoms with Gasteiger partial charge in [-0.2, -0.15) is 0 Å². The number of thioether (sulfide) groups is 1. The van der Waals surface area contributed by atoms with E-state index < -0.39 is 0 Å². The summed E-state index contributed by atoms with van der Waals surface area (Å²) in [4.78, 5) is 11.9. The van der Waals surface area contributed by atoms with Gasteiger partial charge in [0.15, 0.2) is 0 Å². The minimum absolute atomic E-state index is 0.0667. The average Bonchev–Trinajstić information content (AvgIpc) is 2.94. The molecular weight excluding hydrogens is 298 g/mol. The average molecular weight is 319 g/mol. The molecule has 1 aromatic heterocycles. The van der Waals surface area contributed by atoms with Gasteiger partial charge in [0.1, 0.15) is 0 Å². The van der Waals surface area contributed by atoms with E-state index in [0.717, 1.165) is 11.6 Å². The Bertz CT molecular complexity index is 587. The lowest BCUT2D eigenvalue weighted by Gasteiger charge is -2.16. The van der Waals surface area contributed by atoms with Gasteiger partial charge in [0, 0.05) is 31.7 Å². The SMILES string of the molecule is CC[C@@H](CNC(=O)CCSc1nnnn1C)c1ccccc1. The maximum Gasteiger partial charge on any atom is 0.220 e. The van der Waals surface area contributed by atoms with Gasteiger partial charge in [0.05, 0.1) is 0 Å². The number of hydrogen-bond donors (Lipinski definition) is 1. The van der Waals surface area contributed by atoms with Crippen LogP contribution in [0.3, 0.4) is 0 Å². The molecule has 118 valence electrons. The lowest BCUT2D eigenvalue weighted by atomic mass is 9.96. The highest BCUT2D eigenvalue weighted by Crippen LogP contribution is 2.18. The molecule has 6 nitrogen and oxygen atoms in total. The molecule has 0 aliphatic heterocycles. The van der Waals surface area contributed by atoms with Crippen molar-refractivity contribution in [3.63, 3.8) is 0 Å². The zero-order valence-electron chi connectivity index (χ0n) is 12.9. The summed E-state index contributed by atoms with van der Waals surface area (Å²) in [6.45, 7) is 2.82. The molecule has 7 heteroatoms. The zero-order valence-corrected chi connectivity index (χ0v) is 13.7. The Morgan fingerprint density at radius 2 is 2.14 bits per heavy atom. The molecule has 1 N–H and O–H groups in total. The van der Waals surface area contributed by atoms with Crippen molar-refractivity contribution in [2.75, 3.05) is 12.3 Å². The van der Waals surface area contributed by atoms with Crippen LogP contribution < -0.4 is 5.32 Å². The van der Waals surface area contributed by atoms with E-state index in [2.05, 4.69) is 39.9 Å². The van der Waals surface area contributed by atoms with Crippen LogP contribution in [0.15, 0.2) is 35.5 Å². The van der Waals surface area contributed by atoms with Gasteiger partial charge in [-0.1, -0.05) is 49.0 Å². The molecule has 1 atom stereocenters. The van der Waals surface area contributed by atoms with Crippen molar-refractivity contribution in [3.8, 4) is 0 Å². The Hall–Kier alpha value is -1.89. The van der Waals surface area contributed by atoms with Gasteiger partial charge in [-0.05, 0) is 22.4 Å². The molecule has 0 saturated carbocycles. The molecule has 0 radical (unpaired) electrons. The summed E-state index contributed by atoms with van der Waals surface area (Å²) in [6.07, 6.45) is 1.46. The van der Waals surface area contributed by atoms with Gasteiger partial charge in [-0.25, -0.2) is 4.68 Å². The molecule has 2 aromatic rings. The Kier molecular flexibility index (Phi) is 6.39. The van der Waals surface area contributed by atoms with Gasteiger partial charge in [-0.15, -0.1) is 5.10 Å². The number of nitrogens with one attached hydrogen (secondary N) is 1. The molecule has 1 heterocycles. The molecular formula is C15H21N5OS. The third-order valence-electron chi connectivity index (χ3n) is 3.45. The third-order valence-corrected chi connectivity index (χ3v) is 4.46. The minimum Gasteiger partial charge on any atom is -0.355 e. The maximum atomic E-state index is 11.9. The fourth-order valence-corrected chi connectivity index (χ4v) is 2.91. The second kappa shape index (κ2) is 8.53. The number of nitrogens with zero attached hydrogens (tertiary/aromatic N) is 4. The van der Waals surface area contributed by atoms with Crippen LogP contribution in [0.4, 0.5) is 0 Å². The van der Waals surface area contributed by atoms with Crippen molar-refractivity contribution in [1.82, 2.24) is 25.5 Å². The third kappa shape index (κ3) is 4.84. The lowest BCUT2D eigenvalue weighted by molar-refractivity contribution is -0.120. The highest BCUT2D eigenvalue weighted by atomic mass is 32.2. The number of carbonyl (C=O) groups excluding carboxylic acids is 1. The predicted molar refractivity (Wildman–Crippen MR) is 86.6 cm³/mol. The molecule has 1 amide bonds. The highest BCUT2D eigenvalue weighted by molar-refractivity contribution is 7.99. The van der Waals surface area contributed by atoms with Crippen LogP contribution in [0.5, 0.6) is 0 Å². The van der Waals surface area contributed by atoms with Crippen LogP contribution in [0.1, 0.15) is 31.2 Å². The minimum atomic E-state index is 0.0667. The van der Waals surface area contributed by atoms with Crippen molar-refractivity contribution >= 4 is 17.7 Å². The summed E-state index contributed by atoms with van der Waals surface area (Å²) >= 11 is 1.48. The Morgan fingerprint density at radius 3 is 2.77 bits per heavy atom. The van der Waals surface area contributed by atoms with E-state index in [-0.39, 0.29) is 5.91 Å². The first-order valence-electron chi connectivity index (χ1n) is 7.37. The molecule has 0 spiro atoms. The monoisotopic (exact) mass is 319 g/mol.